The second-order valence-electron chi connectivity index (χ2n) is 12.9. The van der Waals surface area contributed by atoms with Gasteiger partial charge in [0.2, 0.25) is 10.0 Å². The van der Waals surface area contributed by atoms with E-state index in [9.17, 15) is 26.9 Å². The van der Waals surface area contributed by atoms with Crippen LogP contribution in [0.4, 0.5) is 19.0 Å². The topological polar surface area (TPSA) is 110 Å². The molecule has 1 N–H and O–H groups in total. The molecule has 10 nitrogen and oxygen atoms in total. The molecule has 1 atom stereocenters. The van der Waals surface area contributed by atoms with E-state index < -0.39 is 22.6 Å². The lowest BCUT2D eigenvalue weighted by Gasteiger charge is -2.37. The Morgan fingerprint density at radius 2 is 1.81 bits per heavy atom. The van der Waals surface area contributed by atoms with Crippen LogP contribution in [0.1, 0.15) is 48.4 Å². The predicted molar refractivity (Wildman–Crippen MR) is 183 cm³/mol. The third-order valence-electron chi connectivity index (χ3n) is 9.76. The highest BCUT2D eigenvalue weighted by molar-refractivity contribution is 7.89. The number of aryl methyl sites for hydroxylation is 1. The number of thiophene rings is 1. The average Bonchev–Trinajstić information content (AvgIpc) is 3.63. The SMILES string of the molecule is CCS(=O)(=O)N1CCN(C(C)Cn2c(C#N)cc3c(C)c(CN4CCC(Nc5ncnc6sc(CC(F)(F)F)cc56)CC4)ccc32)CC1. The molecule has 0 aliphatic carbocycles. The van der Waals surface area contributed by atoms with Crippen LogP contribution in [0.5, 0.6) is 0 Å². The van der Waals surface area contributed by atoms with Gasteiger partial charge in [-0.3, -0.25) is 9.80 Å². The highest BCUT2D eigenvalue weighted by Crippen LogP contribution is 2.33. The van der Waals surface area contributed by atoms with Crippen molar-refractivity contribution in [2.24, 2.45) is 0 Å². The fraction of sp³-hybridized carbons (Fsp3) is 0.545. The number of fused-ring (bicyclic) bond motifs is 2. The van der Waals surface area contributed by atoms with Crippen LogP contribution in [0.2, 0.25) is 0 Å². The minimum absolute atomic E-state index is 0.114. The molecule has 0 amide bonds. The molecule has 0 bridgehead atoms. The monoisotopic (exact) mass is 702 g/mol. The number of aromatic nitrogens is 3. The summed E-state index contributed by atoms with van der Waals surface area (Å²) in [4.78, 5) is 14.0. The summed E-state index contributed by atoms with van der Waals surface area (Å²) in [5.74, 6) is 0.701. The summed E-state index contributed by atoms with van der Waals surface area (Å²) in [6.45, 7) is 11.4. The first-order valence-corrected chi connectivity index (χ1v) is 18.8. The van der Waals surface area contributed by atoms with E-state index in [1.54, 1.807) is 17.3 Å². The van der Waals surface area contributed by atoms with E-state index in [1.807, 2.05) is 6.07 Å². The molecule has 0 spiro atoms. The first-order valence-electron chi connectivity index (χ1n) is 16.4. The van der Waals surface area contributed by atoms with Crippen molar-refractivity contribution in [3.8, 4) is 6.07 Å². The number of halogens is 3. The van der Waals surface area contributed by atoms with Crippen molar-refractivity contribution in [3.05, 3.63) is 52.3 Å². The Morgan fingerprint density at radius 3 is 2.48 bits per heavy atom. The third-order valence-corrected chi connectivity index (χ3v) is 12.7. The number of alkyl halides is 3. The molecule has 6 rings (SSSR count). The molecule has 2 fully saturated rings. The van der Waals surface area contributed by atoms with Crippen molar-refractivity contribution < 1.29 is 21.6 Å². The van der Waals surface area contributed by atoms with Crippen LogP contribution in [-0.4, -0.2) is 100 Å². The van der Waals surface area contributed by atoms with Gasteiger partial charge < -0.3 is 9.88 Å². The number of benzene rings is 1. The Balaban J connectivity index is 1.08. The quantitative estimate of drug-likeness (QED) is 0.235. The van der Waals surface area contributed by atoms with Gasteiger partial charge in [-0.1, -0.05) is 6.07 Å². The number of nitrogens with one attached hydrogen (secondary N) is 1. The standard InChI is InChI=1S/C33H41F3N8O2S2/c1-4-48(45,46)43-13-11-42(12-14-43)22(2)19-44-26(18-37)15-28-23(3)24(5-6-30(28)44)20-41-9-7-25(8-10-41)40-31-29-16-27(17-33(34,35)36)47-32(29)39-21-38-31/h5-6,15-16,21-22,25H,4,7-14,17,19-20H2,1-3H3,(H,38,39,40). The van der Waals surface area contributed by atoms with Crippen LogP contribution >= 0.6 is 11.3 Å². The van der Waals surface area contributed by atoms with Gasteiger partial charge in [0.15, 0.2) is 0 Å². The van der Waals surface area contributed by atoms with E-state index in [4.69, 9.17) is 0 Å². The summed E-state index contributed by atoms with van der Waals surface area (Å²) in [6.07, 6.45) is -2.08. The summed E-state index contributed by atoms with van der Waals surface area (Å²) in [6, 6.07) is 10.5. The maximum Gasteiger partial charge on any atom is 0.393 e. The van der Waals surface area contributed by atoms with E-state index in [0.29, 0.717) is 54.5 Å². The number of nitrogens with zero attached hydrogens (tertiary/aromatic N) is 7. The minimum atomic E-state index is -4.27. The molecule has 258 valence electrons. The van der Waals surface area contributed by atoms with Gasteiger partial charge in [0, 0.05) is 80.2 Å². The summed E-state index contributed by atoms with van der Waals surface area (Å²) in [7, 11) is -3.19. The van der Waals surface area contributed by atoms with Crippen molar-refractivity contribution in [1.29, 1.82) is 5.26 Å². The maximum atomic E-state index is 12.9. The molecule has 3 aromatic heterocycles. The lowest BCUT2D eigenvalue weighted by Crippen LogP contribution is -2.52. The summed E-state index contributed by atoms with van der Waals surface area (Å²) in [5.41, 5.74) is 4.01. The van der Waals surface area contributed by atoms with Gasteiger partial charge in [0.25, 0.3) is 0 Å². The third kappa shape index (κ3) is 7.47. The maximum absolute atomic E-state index is 12.9. The second-order valence-corrected chi connectivity index (χ2v) is 16.2. The molecule has 1 unspecified atom stereocenters. The molecule has 4 aromatic rings. The predicted octanol–water partition coefficient (Wildman–Crippen LogP) is 5.36. The van der Waals surface area contributed by atoms with Gasteiger partial charge in [-0.25, -0.2) is 18.4 Å². The van der Waals surface area contributed by atoms with Crippen LogP contribution < -0.4 is 5.32 Å². The van der Waals surface area contributed by atoms with Crippen LogP contribution in [0.15, 0.2) is 30.6 Å². The number of hydrogen-bond donors (Lipinski definition) is 1. The Hall–Kier alpha value is -3.29. The molecule has 2 aliphatic heterocycles. The number of sulfonamides is 1. The molecular formula is C33H41F3N8O2S2. The van der Waals surface area contributed by atoms with Crippen LogP contribution in [0, 0.1) is 18.3 Å². The number of hydrogen-bond acceptors (Lipinski definition) is 9. The Morgan fingerprint density at radius 1 is 1.08 bits per heavy atom. The highest BCUT2D eigenvalue weighted by Gasteiger charge is 2.30. The molecule has 2 aliphatic rings. The minimum Gasteiger partial charge on any atom is -0.367 e. The first kappa shape index (κ1) is 34.6. The normalized spacial score (nSPS) is 18.4. The zero-order chi connectivity index (χ0) is 34.2. The molecular weight excluding hydrogens is 662 g/mol. The summed E-state index contributed by atoms with van der Waals surface area (Å²) >= 11 is 1.06. The van der Waals surface area contributed by atoms with Gasteiger partial charge >= 0.3 is 6.18 Å². The lowest BCUT2D eigenvalue weighted by atomic mass is 10.0. The van der Waals surface area contributed by atoms with Gasteiger partial charge in [0.1, 0.15) is 28.7 Å². The zero-order valence-electron chi connectivity index (χ0n) is 27.4. The number of piperazine rings is 1. The van der Waals surface area contributed by atoms with E-state index >= 15 is 0 Å². The van der Waals surface area contributed by atoms with E-state index in [0.717, 1.165) is 60.3 Å². The van der Waals surface area contributed by atoms with Gasteiger partial charge in [0.05, 0.1) is 17.6 Å². The summed E-state index contributed by atoms with van der Waals surface area (Å²) in [5, 5.41) is 15.2. The Labute approximate surface area is 283 Å². The van der Waals surface area contributed by atoms with Crippen LogP contribution in [-0.2, 0) is 29.5 Å². The lowest BCUT2D eigenvalue weighted by molar-refractivity contribution is -0.126. The van der Waals surface area contributed by atoms with Crippen molar-refractivity contribution >= 4 is 48.3 Å². The first-order chi connectivity index (χ1) is 22.8. The van der Waals surface area contributed by atoms with Gasteiger partial charge in [-0.2, -0.15) is 22.7 Å². The van der Waals surface area contributed by atoms with Crippen molar-refractivity contribution in [3.63, 3.8) is 0 Å². The molecule has 48 heavy (non-hydrogen) atoms. The fourth-order valence-electron chi connectivity index (χ4n) is 6.94. The summed E-state index contributed by atoms with van der Waals surface area (Å²) < 4.78 is 67.1. The molecule has 2 saturated heterocycles. The van der Waals surface area contributed by atoms with E-state index in [-0.39, 0.29) is 22.7 Å². The van der Waals surface area contributed by atoms with E-state index in [1.165, 1.54) is 11.9 Å². The number of nitriles is 1. The van der Waals surface area contributed by atoms with Crippen molar-refractivity contribution in [2.75, 3.05) is 50.3 Å². The van der Waals surface area contributed by atoms with Crippen LogP contribution in [0.3, 0.4) is 0 Å². The molecule has 15 heteroatoms. The smallest absolute Gasteiger partial charge is 0.367 e. The number of piperidine rings is 1. The molecule has 0 saturated carbocycles. The average molecular weight is 703 g/mol. The van der Waals surface area contributed by atoms with Gasteiger partial charge in [-0.15, -0.1) is 11.3 Å². The van der Waals surface area contributed by atoms with Gasteiger partial charge in [-0.05, 0) is 62.9 Å². The second kappa shape index (κ2) is 13.9. The zero-order valence-corrected chi connectivity index (χ0v) is 29.1. The molecule has 0 radical (unpaired) electrons. The number of likely N-dealkylation sites (tertiary alicyclic amines) is 1. The van der Waals surface area contributed by atoms with Crippen LogP contribution in [0.25, 0.3) is 21.1 Å². The number of anilines is 1. The molecule has 5 heterocycles. The Kier molecular flexibility index (Phi) is 10.0. The molecule has 1 aromatic carbocycles. The largest absolute Gasteiger partial charge is 0.393 e. The number of rotatable bonds is 10. The van der Waals surface area contributed by atoms with Crippen molar-refractivity contribution in [1.82, 2.24) is 28.6 Å². The fourth-order valence-corrected chi connectivity index (χ4v) is 9.05. The van der Waals surface area contributed by atoms with E-state index in [2.05, 4.69) is 61.7 Å². The highest BCUT2D eigenvalue weighted by atomic mass is 32.2. The Bertz CT molecular complexity index is 1920. The van der Waals surface area contributed by atoms with Crippen molar-refractivity contribution in [2.45, 2.75) is 71.4 Å².